The smallest absolute Gasteiger partial charge is 0.251 e. The van der Waals surface area contributed by atoms with Crippen molar-refractivity contribution in [1.29, 1.82) is 0 Å². The quantitative estimate of drug-likeness (QED) is 0.613. The second kappa shape index (κ2) is 14.3. The molecule has 0 aliphatic heterocycles. The number of ether oxygens (including phenoxy) is 1. The van der Waals surface area contributed by atoms with Crippen LogP contribution in [0.25, 0.3) is 0 Å². The summed E-state index contributed by atoms with van der Waals surface area (Å²) in [4.78, 5) is 14.3. The molecule has 5 nitrogen and oxygen atoms in total. The summed E-state index contributed by atoms with van der Waals surface area (Å²) in [5, 5.41) is 6.10. The first kappa shape index (κ1) is 25.2. The maximum atomic E-state index is 12.0. The van der Waals surface area contributed by atoms with E-state index in [0.717, 1.165) is 25.3 Å². The number of nitrogens with zero attached hydrogens (tertiary/aromatic N) is 1. The topological polar surface area (TPSA) is 53.6 Å². The molecule has 0 bridgehead atoms. The molecule has 0 aliphatic rings. The van der Waals surface area contributed by atoms with Crippen LogP contribution in [0.1, 0.15) is 31.1 Å². The van der Waals surface area contributed by atoms with Gasteiger partial charge in [0.1, 0.15) is 0 Å². The number of benzene rings is 1. The fraction of sp³-hybridized carbons (Fsp3) is 0.588. The Labute approximate surface area is 158 Å². The molecule has 1 amide bonds. The summed E-state index contributed by atoms with van der Waals surface area (Å²) in [5.41, 5.74) is 1.84. The van der Waals surface area contributed by atoms with Crippen LogP contribution in [0.15, 0.2) is 24.3 Å². The number of carbonyl (C=O) groups excluding carboxylic acids is 1. The highest BCUT2D eigenvalue weighted by Crippen LogP contribution is 2.17. The number of methoxy groups -OCH3 is 1. The maximum absolute atomic E-state index is 12.0. The van der Waals surface area contributed by atoms with Crippen LogP contribution >= 0.6 is 24.8 Å². The highest BCUT2D eigenvalue weighted by Gasteiger charge is 2.09. The second-order valence-corrected chi connectivity index (χ2v) is 5.43. The normalized spacial score (nSPS) is 9.88. The molecule has 0 spiro atoms. The summed E-state index contributed by atoms with van der Waals surface area (Å²) in [7, 11) is 1.67. The Bertz CT molecular complexity index is 442. The molecule has 2 N–H and O–H groups in total. The third-order valence-electron chi connectivity index (χ3n) is 3.50. The number of halogens is 2. The zero-order chi connectivity index (χ0) is 16.4. The van der Waals surface area contributed by atoms with Gasteiger partial charge in [-0.15, -0.1) is 24.8 Å². The molecular formula is C17H31Cl2N3O2. The number of hydrogen-bond acceptors (Lipinski definition) is 4. The van der Waals surface area contributed by atoms with Gasteiger partial charge in [-0.1, -0.05) is 0 Å². The number of hydrogen-bond donors (Lipinski definition) is 2. The molecule has 24 heavy (non-hydrogen) atoms. The van der Waals surface area contributed by atoms with Gasteiger partial charge in [-0.25, -0.2) is 0 Å². The van der Waals surface area contributed by atoms with Crippen LogP contribution in [0, 0.1) is 0 Å². The fourth-order valence-electron chi connectivity index (χ4n) is 2.32. The zero-order valence-corrected chi connectivity index (χ0v) is 16.6. The molecule has 0 atom stereocenters. The minimum atomic E-state index is -0.0345. The highest BCUT2D eigenvalue weighted by atomic mass is 35.5. The summed E-state index contributed by atoms with van der Waals surface area (Å²) in [6, 6.07) is 8.23. The van der Waals surface area contributed by atoms with Crippen molar-refractivity contribution in [2.75, 3.05) is 44.8 Å². The van der Waals surface area contributed by atoms with Crippen LogP contribution in [0.3, 0.4) is 0 Å². The first-order chi connectivity index (χ1) is 10.6. The van der Waals surface area contributed by atoms with Crippen molar-refractivity contribution < 1.29 is 9.53 Å². The molecule has 0 radical (unpaired) electrons. The van der Waals surface area contributed by atoms with Gasteiger partial charge >= 0.3 is 0 Å². The fourth-order valence-corrected chi connectivity index (χ4v) is 2.32. The number of rotatable bonds is 10. The predicted octanol–water partition coefficient (Wildman–Crippen LogP) is 2.73. The Morgan fingerprint density at radius 3 is 2.25 bits per heavy atom. The van der Waals surface area contributed by atoms with Gasteiger partial charge in [-0.05, 0) is 45.0 Å². The van der Waals surface area contributed by atoms with Crippen molar-refractivity contribution >= 4 is 36.4 Å². The van der Waals surface area contributed by atoms with E-state index in [9.17, 15) is 4.79 Å². The van der Waals surface area contributed by atoms with E-state index in [0.29, 0.717) is 24.8 Å². The van der Waals surface area contributed by atoms with Crippen molar-refractivity contribution in [2.45, 2.75) is 26.8 Å². The lowest BCUT2D eigenvalue weighted by Crippen LogP contribution is -2.33. The number of carbonyl (C=O) groups is 1. The molecule has 0 saturated heterocycles. The zero-order valence-electron chi connectivity index (χ0n) is 15.0. The second-order valence-electron chi connectivity index (χ2n) is 5.43. The monoisotopic (exact) mass is 379 g/mol. The van der Waals surface area contributed by atoms with E-state index in [2.05, 4.69) is 36.3 Å². The Morgan fingerprint density at radius 1 is 1.12 bits per heavy atom. The van der Waals surface area contributed by atoms with Crippen LogP contribution in [-0.2, 0) is 4.74 Å². The molecule has 0 unspecified atom stereocenters. The minimum Gasteiger partial charge on any atom is -0.383 e. The molecule has 0 saturated carbocycles. The van der Waals surface area contributed by atoms with Crippen LogP contribution in [-0.4, -0.2) is 51.8 Å². The Kier molecular flexibility index (Phi) is 15.1. The van der Waals surface area contributed by atoms with E-state index in [1.807, 2.05) is 24.3 Å². The van der Waals surface area contributed by atoms with E-state index < -0.39 is 0 Å². The van der Waals surface area contributed by atoms with Crippen molar-refractivity contribution in [3.05, 3.63) is 29.8 Å². The van der Waals surface area contributed by atoms with Crippen LogP contribution < -0.4 is 15.5 Å². The number of amides is 1. The Morgan fingerprint density at radius 2 is 1.75 bits per heavy atom. The van der Waals surface area contributed by atoms with Gasteiger partial charge in [0.2, 0.25) is 0 Å². The molecule has 0 heterocycles. The molecular weight excluding hydrogens is 349 g/mol. The standard InChI is InChI=1S/C17H29N3O2.2ClH/c1-5-20(14(2)3)16-8-6-15(7-9-16)17(21)19-11-10-18-12-13-22-4;;/h6-9,14,18H,5,10-13H2,1-4H3,(H,19,21);2*1H. The van der Waals surface area contributed by atoms with Gasteiger partial charge in [0.15, 0.2) is 0 Å². The minimum absolute atomic E-state index is 0. The molecule has 140 valence electrons. The largest absolute Gasteiger partial charge is 0.383 e. The van der Waals surface area contributed by atoms with Crippen molar-refractivity contribution in [3.63, 3.8) is 0 Å². The van der Waals surface area contributed by atoms with Crippen LogP contribution in [0.2, 0.25) is 0 Å². The lowest BCUT2D eigenvalue weighted by molar-refractivity contribution is 0.0953. The molecule has 0 aromatic heterocycles. The average molecular weight is 380 g/mol. The summed E-state index contributed by atoms with van der Waals surface area (Å²) < 4.78 is 4.94. The molecule has 1 aromatic carbocycles. The van der Waals surface area contributed by atoms with Gasteiger partial charge in [0.05, 0.1) is 6.61 Å². The lowest BCUT2D eigenvalue weighted by atomic mass is 10.1. The van der Waals surface area contributed by atoms with E-state index in [-0.39, 0.29) is 30.7 Å². The predicted molar refractivity (Wildman–Crippen MR) is 106 cm³/mol. The van der Waals surface area contributed by atoms with Gasteiger partial charge in [-0.3, -0.25) is 4.79 Å². The van der Waals surface area contributed by atoms with Crippen molar-refractivity contribution in [3.8, 4) is 0 Å². The SMILES string of the molecule is CCN(c1ccc(C(=O)NCCNCCOC)cc1)C(C)C.Cl.Cl. The third kappa shape index (κ3) is 8.73. The first-order valence-electron chi connectivity index (χ1n) is 7.94. The van der Waals surface area contributed by atoms with Crippen molar-refractivity contribution in [2.24, 2.45) is 0 Å². The summed E-state index contributed by atoms with van der Waals surface area (Å²) in [5.74, 6) is -0.0345. The molecule has 0 fully saturated rings. The van der Waals surface area contributed by atoms with Gasteiger partial charge in [0.25, 0.3) is 5.91 Å². The van der Waals surface area contributed by atoms with Gasteiger partial charge in [-0.2, -0.15) is 0 Å². The Balaban J connectivity index is 0. The Hall–Kier alpha value is -1.01. The summed E-state index contributed by atoms with van der Waals surface area (Å²) in [6.45, 7) is 10.2. The summed E-state index contributed by atoms with van der Waals surface area (Å²) >= 11 is 0. The average Bonchev–Trinajstić information content (AvgIpc) is 2.51. The number of nitrogens with one attached hydrogen (secondary N) is 2. The van der Waals surface area contributed by atoms with Gasteiger partial charge in [0, 0.05) is 50.6 Å². The molecule has 1 aromatic rings. The third-order valence-corrected chi connectivity index (χ3v) is 3.50. The van der Waals surface area contributed by atoms with E-state index >= 15 is 0 Å². The van der Waals surface area contributed by atoms with E-state index in [1.54, 1.807) is 7.11 Å². The maximum Gasteiger partial charge on any atom is 0.251 e. The van der Waals surface area contributed by atoms with E-state index in [4.69, 9.17) is 4.74 Å². The molecule has 7 heteroatoms. The lowest BCUT2D eigenvalue weighted by Gasteiger charge is -2.27. The van der Waals surface area contributed by atoms with Crippen LogP contribution in [0.5, 0.6) is 0 Å². The molecule has 1 rings (SSSR count). The first-order valence-corrected chi connectivity index (χ1v) is 7.94. The van der Waals surface area contributed by atoms with E-state index in [1.165, 1.54) is 0 Å². The highest BCUT2D eigenvalue weighted by molar-refractivity contribution is 5.94. The molecule has 0 aliphatic carbocycles. The van der Waals surface area contributed by atoms with Crippen LogP contribution in [0.4, 0.5) is 5.69 Å². The van der Waals surface area contributed by atoms with Gasteiger partial charge < -0.3 is 20.3 Å². The number of anilines is 1. The van der Waals surface area contributed by atoms with Crippen molar-refractivity contribution in [1.82, 2.24) is 10.6 Å². The summed E-state index contributed by atoms with van der Waals surface area (Å²) in [6.07, 6.45) is 0.